The molecule has 0 radical (unpaired) electrons. The van der Waals surface area contributed by atoms with Gasteiger partial charge in [0.05, 0.1) is 10.9 Å². The summed E-state index contributed by atoms with van der Waals surface area (Å²) in [6.45, 7) is 2.42. The Morgan fingerprint density at radius 3 is 2.80 bits per heavy atom. The Morgan fingerprint density at radius 2 is 2.33 bits per heavy atom. The van der Waals surface area contributed by atoms with E-state index in [1.165, 1.54) is 4.88 Å². The van der Waals surface area contributed by atoms with Crippen LogP contribution in [0.25, 0.3) is 0 Å². The largest absolute Gasteiger partial charge is 0.358 e. The first-order chi connectivity index (χ1) is 7.17. The summed E-state index contributed by atoms with van der Waals surface area (Å²) in [5, 5.41) is 5.77. The van der Waals surface area contributed by atoms with E-state index in [2.05, 4.69) is 17.6 Å². The molecule has 0 aliphatic carbocycles. The highest BCUT2D eigenvalue weighted by Crippen LogP contribution is 2.28. The van der Waals surface area contributed by atoms with Gasteiger partial charge in [-0.1, -0.05) is 18.5 Å². The number of carbonyl (C=O) groups excluding carboxylic acids is 1. The van der Waals surface area contributed by atoms with Gasteiger partial charge in [-0.2, -0.15) is 0 Å². The fourth-order valence-electron chi connectivity index (χ4n) is 1.27. The van der Waals surface area contributed by atoms with Crippen molar-refractivity contribution in [2.24, 2.45) is 0 Å². The van der Waals surface area contributed by atoms with Crippen LogP contribution in [0.15, 0.2) is 12.1 Å². The smallest absolute Gasteiger partial charge is 0.233 e. The van der Waals surface area contributed by atoms with Crippen LogP contribution in [0.1, 0.15) is 24.3 Å². The van der Waals surface area contributed by atoms with Crippen molar-refractivity contribution in [3.05, 3.63) is 21.3 Å². The Labute approximate surface area is 98.8 Å². The van der Waals surface area contributed by atoms with Crippen molar-refractivity contribution in [1.29, 1.82) is 0 Å². The molecule has 0 aliphatic heterocycles. The molecule has 1 atom stereocenters. The van der Waals surface area contributed by atoms with Crippen LogP contribution in [0.4, 0.5) is 0 Å². The van der Waals surface area contributed by atoms with E-state index in [0.717, 1.165) is 10.8 Å². The second kappa shape index (κ2) is 6.10. The van der Waals surface area contributed by atoms with Crippen LogP contribution < -0.4 is 10.6 Å². The first-order valence-corrected chi connectivity index (χ1v) is 6.06. The maximum atomic E-state index is 11.1. The van der Waals surface area contributed by atoms with Crippen molar-refractivity contribution in [1.82, 2.24) is 10.6 Å². The van der Waals surface area contributed by atoms with Gasteiger partial charge >= 0.3 is 0 Å². The lowest BCUT2D eigenvalue weighted by atomic mass is 10.2. The molecule has 1 aromatic heterocycles. The lowest BCUT2D eigenvalue weighted by Crippen LogP contribution is -2.33. The van der Waals surface area contributed by atoms with Crippen molar-refractivity contribution in [3.8, 4) is 0 Å². The molecule has 1 amide bonds. The number of nitrogens with one attached hydrogen (secondary N) is 2. The highest BCUT2D eigenvalue weighted by atomic mass is 35.5. The Hall–Kier alpha value is -0.580. The zero-order valence-electron chi connectivity index (χ0n) is 8.84. The Kier molecular flexibility index (Phi) is 5.08. The molecule has 1 heterocycles. The van der Waals surface area contributed by atoms with Gasteiger partial charge in [0.2, 0.25) is 5.91 Å². The first kappa shape index (κ1) is 12.5. The molecule has 0 saturated heterocycles. The average Bonchev–Trinajstić information content (AvgIpc) is 2.65. The lowest BCUT2D eigenvalue weighted by molar-refractivity contribution is -0.119. The van der Waals surface area contributed by atoms with Gasteiger partial charge in [-0.3, -0.25) is 4.79 Å². The van der Waals surface area contributed by atoms with Crippen LogP contribution in [0.2, 0.25) is 4.34 Å². The molecule has 5 heteroatoms. The molecule has 3 nitrogen and oxygen atoms in total. The summed E-state index contributed by atoms with van der Waals surface area (Å²) in [6.07, 6.45) is 0.938. The number of likely N-dealkylation sites (N-methyl/N-ethyl adjacent to an activating group) is 1. The summed E-state index contributed by atoms with van der Waals surface area (Å²) in [7, 11) is 1.63. The number of thiophene rings is 1. The van der Waals surface area contributed by atoms with Crippen molar-refractivity contribution in [3.63, 3.8) is 0 Å². The van der Waals surface area contributed by atoms with Gasteiger partial charge in [-0.05, 0) is 18.6 Å². The van der Waals surface area contributed by atoms with Crippen LogP contribution in [0.5, 0.6) is 0 Å². The highest BCUT2D eigenvalue weighted by molar-refractivity contribution is 7.16. The molecule has 0 spiro atoms. The average molecular weight is 247 g/mol. The minimum absolute atomic E-state index is 0.00361. The normalized spacial score (nSPS) is 12.5. The Bertz CT molecular complexity index is 327. The fraction of sp³-hybridized carbons (Fsp3) is 0.500. The molecular weight excluding hydrogens is 232 g/mol. The Morgan fingerprint density at radius 1 is 1.60 bits per heavy atom. The summed E-state index contributed by atoms with van der Waals surface area (Å²) < 4.78 is 0.783. The van der Waals surface area contributed by atoms with E-state index in [0.29, 0.717) is 6.54 Å². The van der Waals surface area contributed by atoms with Crippen LogP contribution >= 0.6 is 22.9 Å². The van der Waals surface area contributed by atoms with Gasteiger partial charge in [-0.25, -0.2) is 0 Å². The zero-order valence-corrected chi connectivity index (χ0v) is 10.4. The third-order valence-electron chi connectivity index (χ3n) is 2.13. The monoisotopic (exact) mass is 246 g/mol. The Balaban J connectivity index is 2.53. The molecule has 1 unspecified atom stereocenters. The molecule has 1 rings (SSSR count). The van der Waals surface area contributed by atoms with Gasteiger partial charge in [-0.15, -0.1) is 11.3 Å². The minimum atomic E-state index is -0.00361. The maximum absolute atomic E-state index is 11.1. The van der Waals surface area contributed by atoms with Crippen molar-refractivity contribution >= 4 is 28.8 Å². The number of hydrogen-bond donors (Lipinski definition) is 2. The summed E-state index contributed by atoms with van der Waals surface area (Å²) >= 11 is 7.41. The van der Waals surface area contributed by atoms with E-state index in [1.54, 1.807) is 18.4 Å². The fourth-order valence-corrected chi connectivity index (χ4v) is 2.49. The molecular formula is C10H15ClN2OS. The van der Waals surface area contributed by atoms with Crippen LogP contribution in [0.3, 0.4) is 0 Å². The second-order valence-corrected chi connectivity index (χ2v) is 4.90. The SMILES string of the molecule is CCC(NCC(=O)NC)c1ccc(Cl)s1. The molecule has 0 saturated carbocycles. The molecule has 0 bridgehead atoms. The standard InChI is InChI=1S/C10H15ClN2OS/c1-3-7(13-6-10(14)12-2)8-4-5-9(11)15-8/h4-5,7,13H,3,6H2,1-2H3,(H,12,14). The maximum Gasteiger partial charge on any atom is 0.233 e. The van der Waals surface area contributed by atoms with E-state index in [-0.39, 0.29) is 11.9 Å². The number of halogens is 1. The first-order valence-electron chi connectivity index (χ1n) is 4.86. The van der Waals surface area contributed by atoms with E-state index in [9.17, 15) is 4.79 Å². The molecule has 0 aliphatic rings. The molecule has 84 valence electrons. The number of carbonyl (C=O) groups is 1. The van der Waals surface area contributed by atoms with Gasteiger partial charge in [0.15, 0.2) is 0 Å². The molecule has 0 aromatic carbocycles. The number of rotatable bonds is 5. The van der Waals surface area contributed by atoms with Crippen molar-refractivity contribution < 1.29 is 4.79 Å². The van der Waals surface area contributed by atoms with E-state index >= 15 is 0 Å². The topological polar surface area (TPSA) is 41.1 Å². The van der Waals surface area contributed by atoms with Gasteiger partial charge in [0.1, 0.15) is 0 Å². The summed E-state index contributed by atoms with van der Waals surface area (Å²) in [5.74, 6) is -0.00361. The molecule has 15 heavy (non-hydrogen) atoms. The zero-order chi connectivity index (χ0) is 11.3. The van der Waals surface area contributed by atoms with E-state index in [4.69, 9.17) is 11.6 Å². The van der Waals surface area contributed by atoms with Crippen LogP contribution in [0, 0.1) is 0 Å². The van der Waals surface area contributed by atoms with Crippen LogP contribution in [-0.4, -0.2) is 19.5 Å². The lowest BCUT2D eigenvalue weighted by Gasteiger charge is -2.14. The summed E-state index contributed by atoms with van der Waals surface area (Å²) in [5.41, 5.74) is 0. The molecule has 1 aromatic rings. The van der Waals surface area contributed by atoms with Gasteiger partial charge in [0.25, 0.3) is 0 Å². The summed E-state index contributed by atoms with van der Waals surface area (Å²) in [6, 6.07) is 4.09. The van der Waals surface area contributed by atoms with Crippen LogP contribution in [-0.2, 0) is 4.79 Å². The van der Waals surface area contributed by atoms with Crippen molar-refractivity contribution in [2.75, 3.05) is 13.6 Å². The minimum Gasteiger partial charge on any atom is -0.358 e. The van der Waals surface area contributed by atoms with Gasteiger partial charge in [0, 0.05) is 18.0 Å². The third kappa shape index (κ3) is 3.81. The van der Waals surface area contributed by atoms with Gasteiger partial charge < -0.3 is 10.6 Å². The van der Waals surface area contributed by atoms with E-state index < -0.39 is 0 Å². The molecule has 0 fully saturated rings. The van der Waals surface area contributed by atoms with E-state index in [1.807, 2.05) is 12.1 Å². The summed E-state index contributed by atoms with van der Waals surface area (Å²) in [4.78, 5) is 12.2. The third-order valence-corrected chi connectivity index (χ3v) is 3.48. The predicted octanol–water partition coefficient (Wildman–Crippen LogP) is 2.19. The quantitative estimate of drug-likeness (QED) is 0.836. The number of amides is 1. The predicted molar refractivity (Wildman–Crippen MR) is 64.4 cm³/mol. The highest BCUT2D eigenvalue weighted by Gasteiger charge is 2.12. The molecule has 2 N–H and O–H groups in total. The van der Waals surface area contributed by atoms with Crippen molar-refractivity contribution in [2.45, 2.75) is 19.4 Å². The second-order valence-electron chi connectivity index (χ2n) is 3.16. The number of hydrogen-bond acceptors (Lipinski definition) is 3.